The van der Waals surface area contributed by atoms with Crippen LogP contribution in [0, 0.1) is 6.92 Å². The predicted molar refractivity (Wildman–Crippen MR) is 79.3 cm³/mol. The largest absolute Gasteiger partial charge is 0.370 e. The van der Waals surface area contributed by atoms with E-state index >= 15 is 0 Å². The van der Waals surface area contributed by atoms with Crippen LogP contribution in [0.25, 0.3) is 0 Å². The van der Waals surface area contributed by atoms with E-state index in [-0.39, 0.29) is 0 Å². The summed E-state index contributed by atoms with van der Waals surface area (Å²) in [6, 6.07) is 10.2. The van der Waals surface area contributed by atoms with Crippen molar-refractivity contribution in [3.05, 3.63) is 47.7 Å². The van der Waals surface area contributed by atoms with Gasteiger partial charge in [0.25, 0.3) is 0 Å². The van der Waals surface area contributed by atoms with E-state index in [1.54, 1.807) is 6.20 Å². The zero-order valence-corrected chi connectivity index (χ0v) is 11.5. The lowest BCUT2D eigenvalue weighted by molar-refractivity contribution is 0.960. The van der Waals surface area contributed by atoms with Gasteiger partial charge in [0.1, 0.15) is 5.82 Å². The SMILES string of the molecule is CCCNc1ccnc(NCc2ccccc2C)n1. The molecule has 0 saturated carbocycles. The fourth-order valence-electron chi connectivity index (χ4n) is 1.78. The smallest absolute Gasteiger partial charge is 0.224 e. The van der Waals surface area contributed by atoms with Crippen LogP contribution in [0.3, 0.4) is 0 Å². The topological polar surface area (TPSA) is 49.8 Å². The highest BCUT2D eigenvalue weighted by atomic mass is 15.1. The molecule has 0 aliphatic heterocycles. The van der Waals surface area contributed by atoms with Crippen LogP contribution in [0.15, 0.2) is 36.5 Å². The Bertz CT molecular complexity index is 525. The fourth-order valence-corrected chi connectivity index (χ4v) is 1.78. The van der Waals surface area contributed by atoms with Gasteiger partial charge < -0.3 is 10.6 Å². The Kier molecular flexibility index (Phi) is 4.72. The minimum Gasteiger partial charge on any atom is -0.370 e. The van der Waals surface area contributed by atoms with Gasteiger partial charge in [0.2, 0.25) is 5.95 Å². The number of nitrogens with zero attached hydrogens (tertiary/aromatic N) is 2. The standard InChI is InChI=1S/C15H20N4/c1-3-9-16-14-8-10-17-15(19-14)18-11-13-7-5-4-6-12(13)2/h4-8,10H,3,9,11H2,1-2H3,(H2,16,17,18,19). The summed E-state index contributed by atoms with van der Waals surface area (Å²) >= 11 is 0. The maximum atomic E-state index is 4.42. The van der Waals surface area contributed by atoms with Gasteiger partial charge in [0.05, 0.1) is 0 Å². The van der Waals surface area contributed by atoms with Crippen molar-refractivity contribution in [2.24, 2.45) is 0 Å². The first kappa shape index (κ1) is 13.3. The number of nitrogens with one attached hydrogen (secondary N) is 2. The third-order valence-corrected chi connectivity index (χ3v) is 2.91. The predicted octanol–water partition coefficient (Wildman–Crippen LogP) is 3.22. The quantitative estimate of drug-likeness (QED) is 0.833. The van der Waals surface area contributed by atoms with Gasteiger partial charge in [0.15, 0.2) is 0 Å². The Morgan fingerprint density at radius 1 is 1.11 bits per heavy atom. The summed E-state index contributed by atoms with van der Waals surface area (Å²) in [7, 11) is 0. The molecule has 100 valence electrons. The molecule has 2 aromatic rings. The van der Waals surface area contributed by atoms with Crippen LogP contribution in [0.5, 0.6) is 0 Å². The second kappa shape index (κ2) is 6.73. The van der Waals surface area contributed by atoms with Gasteiger partial charge in [-0.2, -0.15) is 4.98 Å². The summed E-state index contributed by atoms with van der Waals surface area (Å²) in [6.07, 6.45) is 2.85. The lowest BCUT2D eigenvalue weighted by atomic mass is 10.1. The lowest BCUT2D eigenvalue weighted by Gasteiger charge is -2.09. The third-order valence-electron chi connectivity index (χ3n) is 2.91. The third kappa shape index (κ3) is 3.95. The minimum absolute atomic E-state index is 0.657. The van der Waals surface area contributed by atoms with Crippen LogP contribution in [-0.2, 0) is 6.54 Å². The van der Waals surface area contributed by atoms with Gasteiger partial charge >= 0.3 is 0 Å². The highest BCUT2D eigenvalue weighted by Gasteiger charge is 2.00. The molecular formula is C15H20N4. The summed E-state index contributed by atoms with van der Waals surface area (Å²) in [6.45, 7) is 5.90. The van der Waals surface area contributed by atoms with Crippen molar-refractivity contribution in [3.63, 3.8) is 0 Å². The second-order valence-corrected chi connectivity index (χ2v) is 4.47. The Labute approximate surface area is 114 Å². The molecule has 19 heavy (non-hydrogen) atoms. The molecular weight excluding hydrogens is 236 g/mol. The zero-order valence-electron chi connectivity index (χ0n) is 11.5. The number of benzene rings is 1. The highest BCUT2D eigenvalue weighted by Crippen LogP contribution is 2.10. The average Bonchev–Trinajstić information content (AvgIpc) is 2.45. The highest BCUT2D eigenvalue weighted by molar-refractivity contribution is 5.40. The molecule has 0 unspecified atom stereocenters. The molecule has 4 heteroatoms. The second-order valence-electron chi connectivity index (χ2n) is 4.47. The molecule has 0 spiro atoms. The molecule has 1 heterocycles. The van der Waals surface area contributed by atoms with E-state index in [4.69, 9.17) is 0 Å². The van der Waals surface area contributed by atoms with Gasteiger partial charge in [-0.05, 0) is 30.5 Å². The van der Waals surface area contributed by atoms with Gasteiger partial charge in [-0.15, -0.1) is 0 Å². The molecule has 4 nitrogen and oxygen atoms in total. The summed E-state index contributed by atoms with van der Waals surface area (Å²) in [4.78, 5) is 8.65. The van der Waals surface area contributed by atoms with Crippen molar-refractivity contribution in [1.29, 1.82) is 0 Å². The first-order chi connectivity index (χ1) is 9.29. The average molecular weight is 256 g/mol. The van der Waals surface area contributed by atoms with Crippen molar-refractivity contribution in [2.45, 2.75) is 26.8 Å². The summed E-state index contributed by atoms with van der Waals surface area (Å²) < 4.78 is 0. The molecule has 0 bridgehead atoms. The fraction of sp³-hybridized carbons (Fsp3) is 0.333. The normalized spacial score (nSPS) is 10.2. The molecule has 0 aliphatic carbocycles. The van der Waals surface area contributed by atoms with E-state index in [1.807, 2.05) is 18.2 Å². The molecule has 2 rings (SSSR count). The van der Waals surface area contributed by atoms with Gasteiger partial charge in [-0.25, -0.2) is 4.98 Å². The van der Waals surface area contributed by atoms with Crippen LogP contribution in [0.4, 0.5) is 11.8 Å². The number of aromatic nitrogens is 2. The summed E-state index contributed by atoms with van der Waals surface area (Å²) in [5.74, 6) is 1.52. The van der Waals surface area contributed by atoms with Crippen molar-refractivity contribution in [3.8, 4) is 0 Å². The lowest BCUT2D eigenvalue weighted by Crippen LogP contribution is -2.07. The van der Waals surface area contributed by atoms with Crippen molar-refractivity contribution in [2.75, 3.05) is 17.2 Å². The first-order valence-corrected chi connectivity index (χ1v) is 6.65. The van der Waals surface area contributed by atoms with Gasteiger partial charge in [0, 0.05) is 19.3 Å². The maximum absolute atomic E-state index is 4.42. The number of anilines is 2. The van der Waals surface area contributed by atoms with Crippen LogP contribution in [0.2, 0.25) is 0 Å². The molecule has 2 N–H and O–H groups in total. The van der Waals surface area contributed by atoms with Gasteiger partial charge in [-0.1, -0.05) is 31.2 Å². The monoisotopic (exact) mass is 256 g/mol. The number of hydrogen-bond acceptors (Lipinski definition) is 4. The summed E-state index contributed by atoms with van der Waals surface area (Å²) in [5, 5.41) is 6.51. The Hall–Kier alpha value is -2.10. The van der Waals surface area contributed by atoms with E-state index in [2.05, 4.69) is 46.6 Å². The molecule has 0 atom stereocenters. The van der Waals surface area contributed by atoms with Crippen LogP contribution in [0.1, 0.15) is 24.5 Å². The molecule has 0 saturated heterocycles. The minimum atomic E-state index is 0.657. The van der Waals surface area contributed by atoms with E-state index < -0.39 is 0 Å². The molecule has 0 aliphatic rings. The van der Waals surface area contributed by atoms with E-state index in [1.165, 1.54) is 11.1 Å². The van der Waals surface area contributed by atoms with Crippen molar-refractivity contribution < 1.29 is 0 Å². The summed E-state index contributed by atoms with van der Waals surface area (Å²) in [5.41, 5.74) is 2.54. The van der Waals surface area contributed by atoms with Crippen molar-refractivity contribution in [1.82, 2.24) is 9.97 Å². The number of hydrogen-bond donors (Lipinski definition) is 2. The maximum Gasteiger partial charge on any atom is 0.224 e. The Balaban J connectivity index is 1.98. The number of aryl methyl sites for hydroxylation is 1. The van der Waals surface area contributed by atoms with E-state index in [0.29, 0.717) is 5.95 Å². The molecule has 1 aromatic heterocycles. The first-order valence-electron chi connectivity index (χ1n) is 6.65. The number of rotatable bonds is 6. The van der Waals surface area contributed by atoms with Crippen LogP contribution < -0.4 is 10.6 Å². The van der Waals surface area contributed by atoms with E-state index in [9.17, 15) is 0 Å². The Morgan fingerprint density at radius 3 is 2.74 bits per heavy atom. The molecule has 0 radical (unpaired) electrons. The van der Waals surface area contributed by atoms with Crippen LogP contribution >= 0.6 is 0 Å². The molecule has 0 fully saturated rings. The zero-order chi connectivity index (χ0) is 13.5. The van der Waals surface area contributed by atoms with E-state index in [0.717, 1.165) is 25.3 Å². The van der Waals surface area contributed by atoms with Crippen LogP contribution in [-0.4, -0.2) is 16.5 Å². The van der Waals surface area contributed by atoms with Gasteiger partial charge in [-0.3, -0.25) is 0 Å². The Morgan fingerprint density at radius 2 is 1.95 bits per heavy atom. The molecule has 0 amide bonds. The molecule has 1 aromatic carbocycles. The van der Waals surface area contributed by atoms with Crippen molar-refractivity contribution >= 4 is 11.8 Å².